The van der Waals surface area contributed by atoms with Crippen LogP contribution in [-0.2, 0) is 9.84 Å². The van der Waals surface area contributed by atoms with E-state index in [-0.39, 0.29) is 12.3 Å². The van der Waals surface area contributed by atoms with E-state index in [0.717, 1.165) is 11.1 Å². The number of benzene rings is 2. The molecule has 1 aliphatic rings. The van der Waals surface area contributed by atoms with Gasteiger partial charge in [0.2, 0.25) is 0 Å². The highest BCUT2D eigenvalue weighted by molar-refractivity contribution is 7.92. The molecule has 4 rings (SSSR count). The van der Waals surface area contributed by atoms with Crippen molar-refractivity contribution in [2.75, 3.05) is 26.7 Å². The number of piperidine rings is 1. The second-order valence-electron chi connectivity index (χ2n) is 7.71. The lowest BCUT2D eigenvalue weighted by atomic mass is 10.1. The number of sulfone groups is 1. The Balaban J connectivity index is 1.37. The molecule has 0 spiro atoms. The molecule has 0 radical (unpaired) electrons. The van der Waals surface area contributed by atoms with E-state index in [0.29, 0.717) is 42.1 Å². The van der Waals surface area contributed by atoms with Gasteiger partial charge >= 0.3 is 0 Å². The normalized spacial score (nSPS) is 15.6. The Labute approximate surface area is 187 Å². The molecule has 0 amide bonds. The summed E-state index contributed by atoms with van der Waals surface area (Å²) in [4.78, 5) is 15.0. The smallest absolute Gasteiger partial charge is 0.181 e. The van der Waals surface area contributed by atoms with Gasteiger partial charge in [-0.1, -0.05) is 24.3 Å². The third kappa shape index (κ3) is 4.89. The Hall–Kier alpha value is -2.48. The number of carbonyl (C=O) groups excluding carboxylic acids is 1. The van der Waals surface area contributed by atoms with E-state index in [2.05, 4.69) is 0 Å². The van der Waals surface area contributed by atoms with Crippen molar-refractivity contribution in [1.82, 2.24) is 4.90 Å². The Morgan fingerprint density at radius 1 is 1.06 bits per heavy atom. The Morgan fingerprint density at radius 3 is 2.45 bits per heavy atom. The molecular weight excluding hydrogens is 430 g/mol. The molecule has 2 aromatic carbocycles. The number of rotatable bonds is 7. The SMILES string of the molecule is COc1cccc(C(=O)CN2CCC(S(=O)(=O)c3ccc(-c4ccsc4)cc3)CC2)c1. The van der Waals surface area contributed by atoms with Gasteiger partial charge in [-0.2, -0.15) is 11.3 Å². The molecule has 1 aliphatic heterocycles. The molecule has 0 atom stereocenters. The number of thiophene rings is 1. The van der Waals surface area contributed by atoms with Gasteiger partial charge < -0.3 is 4.74 Å². The topological polar surface area (TPSA) is 63.7 Å². The van der Waals surface area contributed by atoms with Crippen molar-refractivity contribution in [3.63, 3.8) is 0 Å². The van der Waals surface area contributed by atoms with Crippen LogP contribution in [0, 0.1) is 0 Å². The molecule has 1 saturated heterocycles. The first-order valence-corrected chi connectivity index (χ1v) is 12.7. The number of methoxy groups -OCH3 is 1. The van der Waals surface area contributed by atoms with Gasteiger partial charge in [0.15, 0.2) is 15.6 Å². The van der Waals surface area contributed by atoms with Crippen LogP contribution < -0.4 is 4.74 Å². The average Bonchev–Trinajstić information content (AvgIpc) is 3.34. The van der Waals surface area contributed by atoms with Gasteiger partial charge in [0, 0.05) is 5.56 Å². The molecule has 3 aromatic rings. The number of ether oxygens (including phenoxy) is 1. The number of hydrogen-bond acceptors (Lipinski definition) is 6. The van der Waals surface area contributed by atoms with E-state index in [1.807, 2.05) is 33.9 Å². The van der Waals surface area contributed by atoms with E-state index in [1.165, 1.54) is 0 Å². The minimum atomic E-state index is -3.39. The lowest BCUT2D eigenvalue weighted by Gasteiger charge is -2.31. The first kappa shape index (κ1) is 21.7. The van der Waals surface area contributed by atoms with Crippen molar-refractivity contribution in [2.45, 2.75) is 23.0 Å². The van der Waals surface area contributed by atoms with Gasteiger partial charge in [0.25, 0.3) is 0 Å². The highest BCUT2D eigenvalue weighted by Gasteiger charge is 2.31. The minimum Gasteiger partial charge on any atom is -0.497 e. The summed E-state index contributed by atoms with van der Waals surface area (Å²) >= 11 is 1.62. The lowest BCUT2D eigenvalue weighted by Crippen LogP contribution is -2.41. The predicted molar refractivity (Wildman–Crippen MR) is 124 cm³/mol. The van der Waals surface area contributed by atoms with Crippen LogP contribution in [0.1, 0.15) is 23.2 Å². The summed E-state index contributed by atoms with van der Waals surface area (Å²) in [7, 11) is -1.81. The van der Waals surface area contributed by atoms with Gasteiger partial charge in [-0.15, -0.1) is 0 Å². The monoisotopic (exact) mass is 455 g/mol. The van der Waals surface area contributed by atoms with Crippen molar-refractivity contribution in [2.24, 2.45) is 0 Å². The third-order valence-electron chi connectivity index (χ3n) is 5.77. The fraction of sp³-hybridized carbons (Fsp3) is 0.292. The summed E-state index contributed by atoms with van der Waals surface area (Å²) in [5.41, 5.74) is 2.73. The minimum absolute atomic E-state index is 0.0178. The second-order valence-corrected chi connectivity index (χ2v) is 10.7. The predicted octanol–water partition coefficient (Wildman–Crippen LogP) is 4.54. The summed E-state index contributed by atoms with van der Waals surface area (Å²) in [6.07, 6.45) is 1.06. The van der Waals surface area contributed by atoms with Gasteiger partial charge in [-0.3, -0.25) is 9.69 Å². The molecular formula is C24H25NO4S2. The summed E-state index contributed by atoms with van der Waals surface area (Å²) in [6.45, 7) is 1.47. The maximum absolute atomic E-state index is 13.1. The van der Waals surface area contributed by atoms with Crippen LogP contribution in [0.15, 0.2) is 70.3 Å². The molecule has 0 aliphatic carbocycles. The van der Waals surface area contributed by atoms with Crippen molar-refractivity contribution in [3.05, 3.63) is 70.9 Å². The molecule has 0 unspecified atom stereocenters. The van der Waals surface area contributed by atoms with Gasteiger partial charge in [-0.05, 0) is 78.2 Å². The largest absolute Gasteiger partial charge is 0.497 e. The van der Waals surface area contributed by atoms with Crippen molar-refractivity contribution >= 4 is 27.0 Å². The molecule has 2 heterocycles. The van der Waals surface area contributed by atoms with Crippen LogP contribution in [0.25, 0.3) is 11.1 Å². The van der Waals surface area contributed by atoms with Gasteiger partial charge in [-0.25, -0.2) is 8.42 Å². The number of ketones is 1. The maximum Gasteiger partial charge on any atom is 0.181 e. The van der Waals surface area contributed by atoms with Gasteiger partial charge in [0.05, 0.1) is 23.8 Å². The molecule has 1 aromatic heterocycles. The molecule has 0 saturated carbocycles. The zero-order chi connectivity index (χ0) is 21.8. The fourth-order valence-corrected chi connectivity index (χ4v) is 6.32. The van der Waals surface area contributed by atoms with Crippen molar-refractivity contribution < 1.29 is 17.9 Å². The molecule has 0 N–H and O–H groups in total. The highest BCUT2D eigenvalue weighted by atomic mass is 32.2. The van der Waals surface area contributed by atoms with Crippen molar-refractivity contribution in [3.8, 4) is 16.9 Å². The fourth-order valence-electron chi connectivity index (χ4n) is 3.93. The average molecular weight is 456 g/mol. The van der Waals surface area contributed by atoms with Crippen LogP contribution >= 0.6 is 11.3 Å². The summed E-state index contributed by atoms with van der Waals surface area (Å²) in [5, 5.41) is 3.64. The lowest BCUT2D eigenvalue weighted by molar-refractivity contribution is 0.0916. The molecule has 31 heavy (non-hydrogen) atoms. The van der Waals surface area contributed by atoms with E-state index < -0.39 is 15.1 Å². The van der Waals surface area contributed by atoms with E-state index in [1.54, 1.807) is 54.8 Å². The molecule has 1 fully saturated rings. The number of likely N-dealkylation sites (tertiary alicyclic amines) is 1. The first-order chi connectivity index (χ1) is 15.0. The van der Waals surface area contributed by atoms with Crippen LogP contribution in [0.5, 0.6) is 5.75 Å². The zero-order valence-electron chi connectivity index (χ0n) is 17.4. The Kier molecular flexibility index (Phi) is 6.55. The van der Waals surface area contributed by atoms with E-state index >= 15 is 0 Å². The Morgan fingerprint density at radius 2 is 1.81 bits per heavy atom. The van der Waals surface area contributed by atoms with Crippen LogP contribution in [0.2, 0.25) is 0 Å². The summed E-state index contributed by atoms with van der Waals surface area (Å²) in [6, 6.07) is 16.3. The highest BCUT2D eigenvalue weighted by Crippen LogP contribution is 2.28. The number of Topliss-reactive ketones (excluding diaryl/α,β-unsaturated/α-hetero) is 1. The maximum atomic E-state index is 13.1. The zero-order valence-corrected chi connectivity index (χ0v) is 19.0. The van der Waals surface area contributed by atoms with E-state index in [9.17, 15) is 13.2 Å². The van der Waals surface area contributed by atoms with Crippen LogP contribution in [-0.4, -0.2) is 51.1 Å². The quantitative estimate of drug-likeness (QED) is 0.489. The molecule has 7 heteroatoms. The first-order valence-electron chi connectivity index (χ1n) is 10.2. The molecule has 162 valence electrons. The number of hydrogen-bond donors (Lipinski definition) is 0. The molecule has 5 nitrogen and oxygen atoms in total. The standard InChI is InChI=1S/C24H25NO4S2/c1-29-21-4-2-3-19(15-21)24(26)16-25-12-9-23(10-13-25)31(27,28)22-7-5-18(6-8-22)20-11-14-30-17-20/h2-8,11,14-15,17,23H,9-10,12-13,16H2,1H3. The second kappa shape index (κ2) is 9.34. The number of carbonyl (C=O) groups is 1. The Bertz CT molecular complexity index is 1130. The summed E-state index contributed by atoms with van der Waals surface area (Å²) < 4.78 is 31.4. The van der Waals surface area contributed by atoms with Gasteiger partial charge in [0.1, 0.15) is 5.75 Å². The van der Waals surface area contributed by atoms with E-state index in [4.69, 9.17) is 4.74 Å². The molecule has 0 bridgehead atoms. The van der Waals surface area contributed by atoms with Crippen LogP contribution in [0.3, 0.4) is 0 Å². The van der Waals surface area contributed by atoms with Crippen molar-refractivity contribution in [1.29, 1.82) is 0 Å². The van der Waals surface area contributed by atoms with Crippen LogP contribution in [0.4, 0.5) is 0 Å². The third-order valence-corrected chi connectivity index (χ3v) is 8.73. The summed E-state index contributed by atoms with van der Waals surface area (Å²) in [5.74, 6) is 0.671. The number of nitrogens with zero attached hydrogens (tertiary/aromatic N) is 1.